The number of nitrogens with zero attached hydrogens (tertiary/aromatic N) is 1. The first-order chi connectivity index (χ1) is 16.1. The van der Waals surface area contributed by atoms with Crippen LogP contribution in [0.4, 0.5) is 5.69 Å². The summed E-state index contributed by atoms with van der Waals surface area (Å²) < 4.78 is 27.1. The topological polar surface area (TPSA) is 66.5 Å². The molecule has 0 aliphatic carbocycles. The number of carbonyl (C=O) groups is 1. The van der Waals surface area contributed by atoms with Crippen LogP contribution in [-0.2, 0) is 4.79 Å². The normalized spacial score (nSPS) is 17.2. The van der Waals surface area contributed by atoms with Gasteiger partial charge >= 0.3 is 0 Å². The Kier molecular flexibility index (Phi) is 6.31. The molecule has 0 unspecified atom stereocenters. The number of β-lactam (4-membered cyclic amide) rings is 1. The summed E-state index contributed by atoms with van der Waals surface area (Å²) in [6.45, 7) is 0. The molecule has 0 spiro atoms. The molecule has 3 aromatic rings. The summed E-state index contributed by atoms with van der Waals surface area (Å²) in [4.78, 5) is 15.3. The summed E-state index contributed by atoms with van der Waals surface area (Å²) in [6, 6.07) is 18.7. The second-order valence-electron chi connectivity index (χ2n) is 7.56. The second kappa shape index (κ2) is 9.32. The molecule has 2 atom stereocenters. The smallest absolute Gasteiger partial charge is 0.237 e. The lowest BCUT2D eigenvalue weighted by Crippen LogP contribution is -2.53. The van der Waals surface area contributed by atoms with Crippen molar-refractivity contribution in [2.24, 2.45) is 0 Å². The lowest BCUT2D eigenvalue weighted by Gasteiger charge is -2.48. The highest BCUT2D eigenvalue weighted by Gasteiger charge is 2.50. The Morgan fingerprint density at radius 3 is 1.55 bits per heavy atom. The van der Waals surface area contributed by atoms with Crippen LogP contribution >= 0.6 is 0 Å². The number of ether oxygens (including phenoxy) is 5. The zero-order chi connectivity index (χ0) is 23.5. The van der Waals surface area contributed by atoms with Crippen LogP contribution in [0.25, 0.3) is 0 Å². The van der Waals surface area contributed by atoms with E-state index in [9.17, 15) is 4.79 Å². The van der Waals surface area contributed by atoms with Crippen molar-refractivity contribution in [2.45, 2.75) is 12.0 Å². The highest BCUT2D eigenvalue weighted by atomic mass is 16.5. The van der Waals surface area contributed by atoms with Crippen molar-refractivity contribution in [3.8, 4) is 28.7 Å². The molecule has 7 heteroatoms. The molecule has 1 aliphatic rings. The van der Waals surface area contributed by atoms with Crippen molar-refractivity contribution in [3.63, 3.8) is 0 Å². The maximum absolute atomic E-state index is 13.5. The summed E-state index contributed by atoms with van der Waals surface area (Å²) in [7, 11) is 7.91. The SMILES string of the molecule is COc1ccc([C@H]2C(=O)N(c3cc(OC)c(OC)c(OC)c3)[C@@H]2c2ccc(OC)cc2)cc1. The van der Waals surface area contributed by atoms with Crippen LogP contribution in [0, 0.1) is 0 Å². The molecule has 1 amide bonds. The van der Waals surface area contributed by atoms with E-state index < -0.39 is 0 Å². The van der Waals surface area contributed by atoms with E-state index >= 15 is 0 Å². The van der Waals surface area contributed by atoms with Crippen LogP contribution in [-0.4, -0.2) is 41.5 Å². The maximum Gasteiger partial charge on any atom is 0.237 e. The van der Waals surface area contributed by atoms with Crippen molar-refractivity contribution in [2.75, 3.05) is 40.4 Å². The zero-order valence-electron chi connectivity index (χ0n) is 19.3. The lowest BCUT2D eigenvalue weighted by molar-refractivity contribution is -0.126. The van der Waals surface area contributed by atoms with Gasteiger partial charge in [-0.25, -0.2) is 0 Å². The lowest BCUT2D eigenvalue weighted by atomic mass is 9.77. The van der Waals surface area contributed by atoms with Gasteiger partial charge in [-0.3, -0.25) is 4.79 Å². The fourth-order valence-corrected chi connectivity index (χ4v) is 4.26. The zero-order valence-corrected chi connectivity index (χ0v) is 19.3. The van der Waals surface area contributed by atoms with Crippen molar-refractivity contribution in [3.05, 3.63) is 71.8 Å². The second-order valence-corrected chi connectivity index (χ2v) is 7.56. The number of hydrogen-bond donors (Lipinski definition) is 0. The molecule has 1 heterocycles. The van der Waals surface area contributed by atoms with Crippen LogP contribution in [0.5, 0.6) is 28.7 Å². The van der Waals surface area contributed by atoms with Gasteiger partial charge in [0.2, 0.25) is 11.7 Å². The summed E-state index contributed by atoms with van der Waals surface area (Å²) >= 11 is 0. The van der Waals surface area contributed by atoms with Crippen molar-refractivity contribution < 1.29 is 28.5 Å². The molecule has 1 fully saturated rings. The minimum Gasteiger partial charge on any atom is -0.497 e. The molecule has 7 nitrogen and oxygen atoms in total. The number of methoxy groups -OCH3 is 5. The Balaban J connectivity index is 1.80. The molecule has 1 aliphatic heterocycles. The van der Waals surface area contributed by atoms with Crippen LogP contribution in [0.15, 0.2) is 60.7 Å². The predicted molar refractivity (Wildman–Crippen MR) is 125 cm³/mol. The summed E-state index contributed by atoms with van der Waals surface area (Å²) in [6.07, 6.45) is 0. The third kappa shape index (κ3) is 3.91. The Labute approximate surface area is 193 Å². The van der Waals surface area contributed by atoms with E-state index in [4.69, 9.17) is 23.7 Å². The van der Waals surface area contributed by atoms with E-state index in [1.54, 1.807) is 52.6 Å². The van der Waals surface area contributed by atoms with E-state index in [-0.39, 0.29) is 17.9 Å². The highest BCUT2D eigenvalue weighted by Crippen LogP contribution is 2.52. The number of amides is 1. The summed E-state index contributed by atoms with van der Waals surface area (Å²) in [5.74, 6) is 2.59. The molecule has 1 saturated heterocycles. The fraction of sp³-hybridized carbons (Fsp3) is 0.269. The predicted octanol–water partition coefficient (Wildman–Crippen LogP) is 4.60. The van der Waals surface area contributed by atoms with Crippen molar-refractivity contribution >= 4 is 11.6 Å². The fourth-order valence-electron chi connectivity index (χ4n) is 4.26. The van der Waals surface area contributed by atoms with E-state index in [0.717, 1.165) is 22.6 Å². The molecule has 0 bridgehead atoms. The Hall–Kier alpha value is -3.87. The van der Waals surface area contributed by atoms with Gasteiger partial charge in [0.05, 0.1) is 53.2 Å². The molecule has 0 radical (unpaired) electrons. The maximum atomic E-state index is 13.5. The number of hydrogen-bond acceptors (Lipinski definition) is 6. The average Bonchev–Trinajstić information content (AvgIpc) is 2.87. The number of carbonyl (C=O) groups excluding carboxylic acids is 1. The van der Waals surface area contributed by atoms with Crippen molar-refractivity contribution in [1.29, 1.82) is 0 Å². The average molecular weight is 450 g/mol. The molecule has 0 N–H and O–H groups in total. The molecular weight excluding hydrogens is 422 g/mol. The summed E-state index contributed by atoms with van der Waals surface area (Å²) in [5.41, 5.74) is 2.58. The Bertz CT molecular complexity index is 1100. The van der Waals surface area contributed by atoms with Gasteiger partial charge in [-0.05, 0) is 35.4 Å². The van der Waals surface area contributed by atoms with Crippen LogP contribution in [0.2, 0.25) is 0 Å². The third-order valence-electron chi connectivity index (χ3n) is 5.96. The van der Waals surface area contributed by atoms with Gasteiger partial charge in [0.1, 0.15) is 11.5 Å². The molecule has 4 rings (SSSR count). The largest absolute Gasteiger partial charge is 0.497 e. The van der Waals surface area contributed by atoms with E-state index in [1.807, 2.05) is 48.5 Å². The molecule has 33 heavy (non-hydrogen) atoms. The highest BCUT2D eigenvalue weighted by molar-refractivity contribution is 6.07. The van der Waals surface area contributed by atoms with Gasteiger partial charge in [0.15, 0.2) is 11.5 Å². The Morgan fingerprint density at radius 2 is 1.12 bits per heavy atom. The standard InChI is InChI=1S/C26H27NO6/c1-29-19-10-6-16(7-11-19)23-24(17-8-12-20(30-2)13-9-17)27(26(23)28)18-14-21(31-3)25(33-5)22(15-18)32-4/h6-15,23-24H,1-5H3/t23-,24-/m1/s1. The van der Waals surface area contributed by atoms with Crippen molar-refractivity contribution in [1.82, 2.24) is 0 Å². The third-order valence-corrected chi connectivity index (χ3v) is 5.96. The molecule has 172 valence electrons. The van der Waals surface area contributed by atoms with Gasteiger partial charge in [-0.2, -0.15) is 0 Å². The first-order valence-corrected chi connectivity index (χ1v) is 10.5. The van der Waals surface area contributed by atoms with Gasteiger partial charge in [-0.15, -0.1) is 0 Å². The van der Waals surface area contributed by atoms with E-state index in [0.29, 0.717) is 22.9 Å². The van der Waals surface area contributed by atoms with E-state index in [1.165, 1.54) is 0 Å². The molecule has 0 saturated carbocycles. The van der Waals surface area contributed by atoms with Gasteiger partial charge in [0, 0.05) is 12.1 Å². The molecular formula is C26H27NO6. The van der Waals surface area contributed by atoms with Crippen LogP contribution in [0.1, 0.15) is 23.1 Å². The van der Waals surface area contributed by atoms with Gasteiger partial charge in [0.25, 0.3) is 0 Å². The van der Waals surface area contributed by atoms with Crippen LogP contribution in [0.3, 0.4) is 0 Å². The first-order valence-electron chi connectivity index (χ1n) is 10.5. The van der Waals surface area contributed by atoms with Crippen LogP contribution < -0.4 is 28.6 Å². The molecule has 0 aromatic heterocycles. The minimum atomic E-state index is -0.344. The van der Waals surface area contributed by atoms with Gasteiger partial charge in [-0.1, -0.05) is 24.3 Å². The monoisotopic (exact) mass is 449 g/mol. The number of benzene rings is 3. The summed E-state index contributed by atoms with van der Waals surface area (Å²) in [5, 5.41) is 0. The first kappa shape index (κ1) is 22.3. The minimum absolute atomic E-state index is 0.0183. The number of rotatable bonds is 8. The number of anilines is 1. The van der Waals surface area contributed by atoms with E-state index in [2.05, 4.69) is 0 Å². The molecule has 3 aromatic carbocycles. The Morgan fingerprint density at radius 1 is 0.636 bits per heavy atom. The van der Waals surface area contributed by atoms with Gasteiger partial charge < -0.3 is 28.6 Å². The quantitative estimate of drug-likeness (QED) is 0.468.